The Morgan fingerprint density at radius 1 is 1.38 bits per heavy atom. The molecule has 130 valence electrons. The Bertz CT molecular complexity index is 673. The van der Waals surface area contributed by atoms with Gasteiger partial charge in [-0.3, -0.25) is 4.68 Å². The smallest absolute Gasteiger partial charge is 0.137 e. The summed E-state index contributed by atoms with van der Waals surface area (Å²) in [5.74, 6) is 0.00806. The molecule has 1 fully saturated rings. The van der Waals surface area contributed by atoms with E-state index < -0.39 is 11.0 Å². The first-order valence-electron chi connectivity index (χ1n) is 8.44. The summed E-state index contributed by atoms with van der Waals surface area (Å²) in [6.45, 7) is 2.32. The van der Waals surface area contributed by atoms with Gasteiger partial charge in [-0.15, -0.1) is 0 Å². The maximum atomic E-state index is 11.7. The fourth-order valence-electron chi connectivity index (χ4n) is 4.21. The van der Waals surface area contributed by atoms with Gasteiger partial charge in [0.1, 0.15) is 12.7 Å². The SMILES string of the molecule is CCC1(CO)CCC(Cc2ccccc2Cl)C1(O)Cn1cncn1. The summed E-state index contributed by atoms with van der Waals surface area (Å²) in [7, 11) is 0. The number of hydrogen-bond acceptors (Lipinski definition) is 4. The number of halogens is 1. The van der Waals surface area contributed by atoms with E-state index in [1.165, 1.54) is 6.33 Å². The van der Waals surface area contributed by atoms with Gasteiger partial charge in [-0.25, -0.2) is 4.98 Å². The van der Waals surface area contributed by atoms with Crippen molar-refractivity contribution in [1.29, 1.82) is 0 Å². The van der Waals surface area contributed by atoms with Crippen LogP contribution in [0.3, 0.4) is 0 Å². The van der Waals surface area contributed by atoms with Crippen molar-refractivity contribution < 1.29 is 10.2 Å². The van der Waals surface area contributed by atoms with Crippen LogP contribution < -0.4 is 0 Å². The first kappa shape index (κ1) is 17.4. The summed E-state index contributed by atoms with van der Waals surface area (Å²) in [5.41, 5.74) is -0.542. The van der Waals surface area contributed by atoms with Crippen molar-refractivity contribution >= 4 is 11.6 Å². The second-order valence-electron chi connectivity index (χ2n) is 6.84. The van der Waals surface area contributed by atoms with E-state index in [9.17, 15) is 10.2 Å². The molecule has 1 saturated carbocycles. The molecule has 1 aliphatic rings. The molecule has 6 heteroatoms. The highest BCUT2D eigenvalue weighted by Gasteiger charge is 2.58. The van der Waals surface area contributed by atoms with Gasteiger partial charge in [0.2, 0.25) is 0 Å². The average molecular weight is 350 g/mol. The summed E-state index contributed by atoms with van der Waals surface area (Å²) >= 11 is 6.32. The summed E-state index contributed by atoms with van der Waals surface area (Å²) in [6.07, 6.45) is 6.13. The molecule has 0 radical (unpaired) electrons. The second kappa shape index (κ2) is 6.82. The molecule has 3 rings (SSSR count). The molecule has 1 aromatic carbocycles. The molecule has 2 N–H and O–H groups in total. The third kappa shape index (κ3) is 2.85. The van der Waals surface area contributed by atoms with Gasteiger partial charge in [-0.05, 0) is 43.2 Å². The lowest BCUT2D eigenvalue weighted by Crippen LogP contribution is -2.53. The Balaban J connectivity index is 1.94. The quantitative estimate of drug-likeness (QED) is 0.841. The third-order valence-electron chi connectivity index (χ3n) is 5.84. The van der Waals surface area contributed by atoms with Crippen LogP contribution in [0.4, 0.5) is 0 Å². The zero-order chi connectivity index (χ0) is 17.2. The highest BCUT2D eigenvalue weighted by Crippen LogP contribution is 2.54. The Labute approximate surface area is 147 Å². The average Bonchev–Trinajstić information content (AvgIpc) is 3.17. The van der Waals surface area contributed by atoms with Gasteiger partial charge in [0.15, 0.2) is 0 Å². The minimum absolute atomic E-state index is 0.00806. The highest BCUT2D eigenvalue weighted by atomic mass is 35.5. The molecule has 0 spiro atoms. The molecule has 0 amide bonds. The largest absolute Gasteiger partial charge is 0.396 e. The lowest BCUT2D eigenvalue weighted by molar-refractivity contribution is -0.126. The van der Waals surface area contributed by atoms with Gasteiger partial charge in [0, 0.05) is 10.4 Å². The predicted octanol–water partition coefficient (Wildman–Crippen LogP) is 2.70. The molecule has 2 aromatic rings. The van der Waals surface area contributed by atoms with Gasteiger partial charge < -0.3 is 10.2 Å². The Kier molecular flexibility index (Phi) is 4.95. The molecular formula is C18H24ClN3O2. The van der Waals surface area contributed by atoms with Crippen LogP contribution in [0, 0.1) is 11.3 Å². The summed E-state index contributed by atoms with van der Waals surface area (Å²) in [4.78, 5) is 3.98. The number of aliphatic hydroxyl groups is 2. The molecule has 1 heterocycles. The maximum Gasteiger partial charge on any atom is 0.137 e. The zero-order valence-corrected chi connectivity index (χ0v) is 14.7. The number of rotatable bonds is 6. The number of nitrogens with zero attached hydrogens (tertiary/aromatic N) is 3. The molecule has 0 aliphatic heterocycles. The van der Waals surface area contributed by atoms with Crippen molar-refractivity contribution in [3.05, 3.63) is 47.5 Å². The second-order valence-corrected chi connectivity index (χ2v) is 7.25. The van der Waals surface area contributed by atoms with Gasteiger partial charge in [0.25, 0.3) is 0 Å². The molecule has 5 nitrogen and oxygen atoms in total. The van der Waals surface area contributed by atoms with Crippen molar-refractivity contribution in [3.63, 3.8) is 0 Å². The van der Waals surface area contributed by atoms with E-state index in [4.69, 9.17) is 11.6 Å². The fraction of sp³-hybridized carbons (Fsp3) is 0.556. The Morgan fingerprint density at radius 3 is 2.79 bits per heavy atom. The molecule has 3 unspecified atom stereocenters. The molecule has 0 saturated heterocycles. The van der Waals surface area contributed by atoms with Crippen LogP contribution in [0.1, 0.15) is 31.7 Å². The summed E-state index contributed by atoms with van der Waals surface area (Å²) < 4.78 is 1.66. The van der Waals surface area contributed by atoms with Crippen LogP contribution in [0.5, 0.6) is 0 Å². The highest BCUT2D eigenvalue weighted by molar-refractivity contribution is 6.31. The summed E-state index contributed by atoms with van der Waals surface area (Å²) in [5, 5.41) is 26.7. The van der Waals surface area contributed by atoms with Gasteiger partial charge in [-0.1, -0.05) is 36.7 Å². The van der Waals surface area contributed by atoms with Gasteiger partial charge in [0.05, 0.1) is 18.8 Å². The van der Waals surface area contributed by atoms with Gasteiger partial charge in [-0.2, -0.15) is 5.10 Å². The number of benzene rings is 1. The van der Waals surface area contributed by atoms with E-state index >= 15 is 0 Å². The van der Waals surface area contributed by atoms with Crippen LogP contribution in [-0.2, 0) is 13.0 Å². The van der Waals surface area contributed by atoms with Crippen LogP contribution in [-0.4, -0.2) is 37.2 Å². The molecular weight excluding hydrogens is 326 g/mol. The first-order chi connectivity index (χ1) is 11.5. The van der Waals surface area contributed by atoms with Crippen LogP contribution >= 0.6 is 11.6 Å². The molecule has 0 bridgehead atoms. The van der Waals surface area contributed by atoms with E-state index in [1.54, 1.807) is 11.0 Å². The molecule has 24 heavy (non-hydrogen) atoms. The minimum Gasteiger partial charge on any atom is -0.396 e. The fourth-order valence-corrected chi connectivity index (χ4v) is 4.42. The monoisotopic (exact) mass is 349 g/mol. The van der Waals surface area contributed by atoms with E-state index in [1.807, 2.05) is 31.2 Å². The predicted molar refractivity (Wildman–Crippen MR) is 92.7 cm³/mol. The molecule has 1 aromatic heterocycles. The van der Waals surface area contributed by atoms with E-state index in [-0.39, 0.29) is 12.5 Å². The van der Waals surface area contributed by atoms with Crippen molar-refractivity contribution in [2.75, 3.05) is 6.61 Å². The zero-order valence-electron chi connectivity index (χ0n) is 13.9. The lowest BCUT2D eigenvalue weighted by atomic mass is 9.69. The van der Waals surface area contributed by atoms with E-state index in [2.05, 4.69) is 10.1 Å². The molecule has 1 aliphatic carbocycles. The number of aromatic nitrogens is 3. The van der Waals surface area contributed by atoms with Crippen molar-refractivity contribution in [1.82, 2.24) is 14.8 Å². The van der Waals surface area contributed by atoms with E-state index in [0.717, 1.165) is 23.4 Å². The van der Waals surface area contributed by atoms with Crippen molar-refractivity contribution in [2.45, 2.75) is 44.8 Å². The first-order valence-corrected chi connectivity index (χ1v) is 8.81. The molecule has 3 atom stereocenters. The van der Waals surface area contributed by atoms with Crippen LogP contribution in [0.15, 0.2) is 36.9 Å². The Hall–Kier alpha value is -1.43. The topological polar surface area (TPSA) is 71.2 Å². The lowest BCUT2D eigenvalue weighted by Gasteiger charge is -2.44. The van der Waals surface area contributed by atoms with Crippen molar-refractivity contribution in [3.8, 4) is 0 Å². The number of hydrogen-bond donors (Lipinski definition) is 2. The summed E-state index contributed by atoms with van der Waals surface area (Å²) in [6, 6.07) is 7.75. The van der Waals surface area contributed by atoms with Crippen molar-refractivity contribution in [2.24, 2.45) is 11.3 Å². The Morgan fingerprint density at radius 2 is 2.17 bits per heavy atom. The third-order valence-corrected chi connectivity index (χ3v) is 6.21. The standard InChI is InChI=1S/C18H24ClN3O2/c1-2-17(11-23)8-7-15(9-14-5-3-4-6-16(14)19)18(17,24)10-22-13-20-12-21-22/h3-6,12-13,15,23-24H,2,7-11H2,1H3. The van der Waals surface area contributed by atoms with Crippen LogP contribution in [0.25, 0.3) is 0 Å². The van der Waals surface area contributed by atoms with Gasteiger partial charge >= 0.3 is 0 Å². The van der Waals surface area contributed by atoms with Crippen LogP contribution in [0.2, 0.25) is 5.02 Å². The maximum absolute atomic E-state index is 11.7. The normalized spacial score (nSPS) is 29.9. The number of aliphatic hydroxyl groups excluding tert-OH is 1. The van der Waals surface area contributed by atoms with E-state index in [0.29, 0.717) is 19.4 Å². The minimum atomic E-state index is -1.05.